The number of benzene rings is 2. The van der Waals surface area contributed by atoms with Gasteiger partial charge in [0.2, 0.25) is 5.91 Å². The van der Waals surface area contributed by atoms with Crippen molar-refractivity contribution in [2.75, 3.05) is 11.9 Å². The molecular weight excluding hydrogens is 390 g/mol. The van der Waals surface area contributed by atoms with Crippen molar-refractivity contribution in [3.05, 3.63) is 73.2 Å². The first kappa shape index (κ1) is 17.1. The Morgan fingerprint density at radius 1 is 1.08 bits per heavy atom. The van der Waals surface area contributed by atoms with Gasteiger partial charge in [0.25, 0.3) is 0 Å². The number of halogens is 1. The Balaban J connectivity index is 1.71. The molecule has 0 aliphatic rings. The third-order valence-electron chi connectivity index (χ3n) is 3.43. The molecule has 0 bridgehead atoms. The van der Waals surface area contributed by atoms with Crippen LogP contribution >= 0.6 is 15.9 Å². The number of carbonyl (C=O) groups is 1. The average molecular weight is 404 g/mol. The number of hydrogen-bond acceptors (Lipinski definition) is 4. The molecule has 0 aliphatic heterocycles. The Kier molecular flexibility index (Phi) is 5.11. The van der Waals surface area contributed by atoms with E-state index in [1.165, 1.54) is 0 Å². The quantitative estimate of drug-likeness (QED) is 0.567. The second kappa shape index (κ2) is 7.45. The van der Waals surface area contributed by atoms with Crippen LogP contribution in [0, 0.1) is 0 Å². The van der Waals surface area contributed by atoms with E-state index in [2.05, 4.69) is 31.2 Å². The van der Waals surface area contributed by atoms with Crippen molar-refractivity contribution in [2.24, 2.45) is 0 Å². The number of carbonyl (C=O) groups excluding carboxylic acids is 1. The van der Waals surface area contributed by atoms with Gasteiger partial charge in [-0.1, -0.05) is 34.1 Å². The molecule has 8 heteroatoms. The first-order valence-electron chi connectivity index (χ1n) is 7.40. The number of ether oxygens (including phenoxy) is 1. The van der Waals surface area contributed by atoms with Crippen LogP contribution in [0.5, 0.6) is 0 Å². The zero-order valence-corrected chi connectivity index (χ0v) is 14.6. The lowest BCUT2D eigenvalue weighted by atomic mass is 10.2. The summed E-state index contributed by atoms with van der Waals surface area (Å²) in [5, 5.41) is 2.71. The van der Waals surface area contributed by atoms with E-state index in [9.17, 15) is 14.4 Å². The summed E-state index contributed by atoms with van der Waals surface area (Å²) in [4.78, 5) is 39.9. The highest BCUT2D eigenvalue weighted by molar-refractivity contribution is 9.10. The third-order valence-corrected chi connectivity index (χ3v) is 3.88. The van der Waals surface area contributed by atoms with Crippen LogP contribution in [0.25, 0.3) is 11.0 Å². The third kappa shape index (κ3) is 4.23. The number of aromatic amines is 2. The second-order valence-corrected chi connectivity index (χ2v) is 6.22. The predicted molar refractivity (Wildman–Crippen MR) is 97.6 cm³/mol. The van der Waals surface area contributed by atoms with Gasteiger partial charge >= 0.3 is 11.1 Å². The minimum atomic E-state index is -0.738. The summed E-state index contributed by atoms with van der Waals surface area (Å²) in [7, 11) is 0. The fourth-order valence-electron chi connectivity index (χ4n) is 2.34. The molecule has 2 aromatic carbocycles. The van der Waals surface area contributed by atoms with Crippen molar-refractivity contribution in [1.82, 2.24) is 9.97 Å². The van der Waals surface area contributed by atoms with Gasteiger partial charge in [0.05, 0.1) is 17.6 Å². The summed E-state index contributed by atoms with van der Waals surface area (Å²) in [6, 6.07) is 12.5. The van der Waals surface area contributed by atoms with Crippen molar-refractivity contribution in [3.8, 4) is 0 Å². The maximum Gasteiger partial charge on any atom is 0.314 e. The number of H-pyrrole nitrogens is 2. The summed E-state index contributed by atoms with van der Waals surface area (Å²) < 4.78 is 6.16. The number of anilines is 1. The molecule has 0 saturated carbocycles. The van der Waals surface area contributed by atoms with Gasteiger partial charge in [-0.3, -0.25) is 14.4 Å². The largest absolute Gasteiger partial charge is 0.367 e. The highest BCUT2D eigenvalue weighted by Gasteiger charge is 2.09. The van der Waals surface area contributed by atoms with Crippen LogP contribution in [0.1, 0.15) is 5.56 Å². The first-order chi connectivity index (χ1) is 12.0. The Morgan fingerprint density at radius 2 is 1.80 bits per heavy atom. The summed E-state index contributed by atoms with van der Waals surface area (Å²) >= 11 is 3.34. The fraction of sp³-hybridized carbons (Fsp3) is 0.118. The molecule has 0 radical (unpaired) electrons. The molecule has 7 nitrogen and oxygen atoms in total. The van der Waals surface area contributed by atoms with Gasteiger partial charge in [0, 0.05) is 15.7 Å². The average Bonchev–Trinajstić information content (AvgIpc) is 2.57. The predicted octanol–water partition coefficient (Wildman–Crippen LogP) is 2.13. The summed E-state index contributed by atoms with van der Waals surface area (Å²) in [6.45, 7) is -0.0450. The van der Waals surface area contributed by atoms with Gasteiger partial charge in [0.1, 0.15) is 6.61 Å². The Bertz CT molecular complexity index is 1030. The number of amides is 1. The topological polar surface area (TPSA) is 104 Å². The Morgan fingerprint density at radius 3 is 2.56 bits per heavy atom. The van der Waals surface area contributed by atoms with E-state index in [-0.39, 0.29) is 19.1 Å². The lowest BCUT2D eigenvalue weighted by Crippen LogP contribution is -2.29. The van der Waals surface area contributed by atoms with Crippen molar-refractivity contribution in [2.45, 2.75) is 6.61 Å². The summed E-state index contributed by atoms with van der Waals surface area (Å²) in [5.41, 5.74) is 0.816. The van der Waals surface area contributed by atoms with E-state index < -0.39 is 11.1 Å². The van der Waals surface area contributed by atoms with Crippen molar-refractivity contribution < 1.29 is 9.53 Å². The monoisotopic (exact) mass is 403 g/mol. The van der Waals surface area contributed by atoms with E-state index >= 15 is 0 Å². The minimum Gasteiger partial charge on any atom is -0.367 e. The molecule has 0 spiro atoms. The minimum absolute atomic E-state index is 0.0974. The van der Waals surface area contributed by atoms with Crippen LogP contribution in [-0.2, 0) is 16.1 Å². The van der Waals surface area contributed by atoms with Crippen LogP contribution in [0.2, 0.25) is 0 Å². The van der Waals surface area contributed by atoms with Crippen molar-refractivity contribution in [1.29, 1.82) is 0 Å². The molecule has 25 heavy (non-hydrogen) atoms. The zero-order chi connectivity index (χ0) is 17.8. The van der Waals surface area contributed by atoms with Crippen LogP contribution in [0.3, 0.4) is 0 Å². The smallest absolute Gasteiger partial charge is 0.314 e. The second-order valence-electron chi connectivity index (χ2n) is 5.30. The van der Waals surface area contributed by atoms with Crippen LogP contribution < -0.4 is 16.4 Å². The van der Waals surface area contributed by atoms with E-state index in [1.54, 1.807) is 24.3 Å². The maximum atomic E-state index is 11.9. The highest BCUT2D eigenvalue weighted by atomic mass is 79.9. The first-order valence-corrected chi connectivity index (χ1v) is 8.19. The molecule has 3 rings (SSSR count). The molecule has 0 saturated heterocycles. The van der Waals surface area contributed by atoms with Crippen molar-refractivity contribution >= 4 is 38.6 Å². The lowest BCUT2D eigenvalue weighted by molar-refractivity contribution is -0.121. The standard InChI is InChI=1S/C17H14BrN3O4/c18-11-6-10(15-13(7-11)20-16(23)17(24)21-15)8-25-9-14(22)19-12-4-2-1-3-5-12/h1-7H,8-9H2,(H,19,22)(H,20,23)(H,21,24). The molecule has 0 aliphatic carbocycles. The summed E-state index contributed by atoms with van der Waals surface area (Å²) in [6.07, 6.45) is 0. The molecule has 1 heterocycles. The normalized spacial score (nSPS) is 10.8. The van der Waals surface area contributed by atoms with Gasteiger partial charge in [-0.15, -0.1) is 0 Å². The number of hydrogen-bond donors (Lipinski definition) is 3. The number of fused-ring (bicyclic) bond motifs is 1. The van der Waals surface area contributed by atoms with Gasteiger partial charge in [-0.25, -0.2) is 0 Å². The van der Waals surface area contributed by atoms with E-state index in [0.717, 1.165) is 4.47 Å². The SMILES string of the molecule is O=C(COCc1cc(Br)cc2[nH]c(=O)c(=O)[nH]c12)Nc1ccccc1. The Hall–Kier alpha value is -2.71. The molecule has 0 fully saturated rings. The molecular formula is C17H14BrN3O4. The zero-order valence-electron chi connectivity index (χ0n) is 13.0. The maximum absolute atomic E-state index is 11.9. The fourth-order valence-corrected chi connectivity index (χ4v) is 2.85. The van der Waals surface area contributed by atoms with Crippen LogP contribution in [0.4, 0.5) is 5.69 Å². The van der Waals surface area contributed by atoms with Gasteiger partial charge in [-0.2, -0.15) is 0 Å². The number of para-hydroxylation sites is 1. The molecule has 3 N–H and O–H groups in total. The van der Waals surface area contributed by atoms with Crippen LogP contribution in [-0.4, -0.2) is 22.5 Å². The molecule has 1 amide bonds. The van der Waals surface area contributed by atoms with Gasteiger partial charge in [0.15, 0.2) is 0 Å². The summed E-state index contributed by atoms with van der Waals surface area (Å²) in [5.74, 6) is -0.285. The van der Waals surface area contributed by atoms with Gasteiger partial charge in [-0.05, 0) is 24.3 Å². The molecule has 3 aromatic rings. The lowest BCUT2D eigenvalue weighted by Gasteiger charge is -2.09. The number of aromatic nitrogens is 2. The molecule has 128 valence electrons. The van der Waals surface area contributed by atoms with E-state index in [0.29, 0.717) is 22.3 Å². The number of nitrogens with one attached hydrogen (secondary N) is 3. The molecule has 0 atom stereocenters. The van der Waals surface area contributed by atoms with Crippen molar-refractivity contribution in [3.63, 3.8) is 0 Å². The van der Waals surface area contributed by atoms with Gasteiger partial charge < -0.3 is 20.0 Å². The Labute approximate surface area is 150 Å². The number of rotatable bonds is 5. The highest BCUT2D eigenvalue weighted by Crippen LogP contribution is 2.20. The molecule has 0 unspecified atom stereocenters. The van der Waals surface area contributed by atoms with E-state index in [4.69, 9.17) is 4.74 Å². The molecule has 1 aromatic heterocycles. The van der Waals surface area contributed by atoms with Crippen LogP contribution in [0.15, 0.2) is 56.5 Å². The van der Waals surface area contributed by atoms with E-state index in [1.807, 2.05) is 18.2 Å².